The first-order valence-electron chi connectivity index (χ1n) is 5.39. The zero-order valence-corrected chi connectivity index (χ0v) is 10.1. The molecule has 1 heteroatoms. The van der Waals surface area contributed by atoms with Crippen LogP contribution in [0.5, 0.6) is 5.75 Å². The highest BCUT2D eigenvalue weighted by Crippen LogP contribution is 2.26. The maximum absolute atomic E-state index is 5.68. The Kier molecular flexibility index (Phi) is 3.57. The van der Waals surface area contributed by atoms with Gasteiger partial charge in [0, 0.05) is 5.41 Å². The number of hydrogen-bond donors (Lipinski definition) is 0. The topological polar surface area (TPSA) is 9.23 Å². The predicted octanol–water partition coefficient (Wildman–Crippen LogP) is 4.19. The van der Waals surface area contributed by atoms with Crippen LogP contribution in [0.4, 0.5) is 0 Å². The summed E-state index contributed by atoms with van der Waals surface area (Å²) < 4.78 is 5.68. The quantitative estimate of drug-likeness (QED) is 0.671. The third kappa shape index (κ3) is 3.43. The molecule has 0 amide bonds. The number of rotatable bonds is 3. The molecule has 0 fully saturated rings. The number of aryl methyl sites for hydroxylation is 1. The summed E-state index contributed by atoms with van der Waals surface area (Å²) in [4.78, 5) is 0. The van der Waals surface area contributed by atoms with E-state index in [1.807, 2.05) is 12.1 Å². The van der Waals surface area contributed by atoms with E-state index in [1.54, 1.807) is 0 Å². The fourth-order valence-electron chi connectivity index (χ4n) is 1.09. The van der Waals surface area contributed by atoms with Gasteiger partial charge in [-0.25, -0.2) is 0 Å². The number of ether oxygens (including phenoxy) is 1. The van der Waals surface area contributed by atoms with Crippen LogP contribution >= 0.6 is 0 Å². The zero-order valence-electron chi connectivity index (χ0n) is 10.1. The Morgan fingerprint density at radius 2 is 1.73 bits per heavy atom. The van der Waals surface area contributed by atoms with Gasteiger partial charge in [-0.3, -0.25) is 0 Å². The van der Waals surface area contributed by atoms with Crippen molar-refractivity contribution in [2.75, 3.05) is 0 Å². The summed E-state index contributed by atoms with van der Waals surface area (Å²) in [5, 5.41) is 0. The third-order valence-electron chi connectivity index (χ3n) is 2.41. The van der Waals surface area contributed by atoms with Crippen molar-refractivity contribution in [3.05, 3.63) is 42.2 Å². The van der Waals surface area contributed by atoms with Crippen molar-refractivity contribution in [1.29, 1.82) is 0 Å². The maximum atomic E-state index is 5.68. The smallest absolute Gasteiger partial charge is 0.126 e. The average molecular weight is 204 g/mol. The lowest BCUT2D eigenvalue weighted by molar-refractivity contribution is 0.296. The summed E-state index contributed by atoms with van der Waals surface area (Å²) in [6, 6.07) is 8.17. The van der Waals surface area contributed by atoms with Gasteiger partial charge in [0.1, 0.15) is 11.5 Å². The molecule has 0 aliphatic heterocycles. The van der Waals surface area contributed by atoms with Crippen molar-refractivity contribution in [2.24, 2.45) is 5.41 Å². The first kappa shape index (κ1) is 11.8. The van der Waals surface area contributed by atoms with E-state index in [9.17, 15) is 0 Å². The molecular weight excluding hydrogens is 184 g/mol. The molecule has 0 aliphatic carbocycles. The van der Waals surface area contributed by atoms with Gasteiger partial charge in [-0.2, -0.15) is 0 Å². The Morgan fingerprint density at radius 1 is 1.20 bits per heavy atom. The van der Waals surface area contributed by atoms with Gasteiger partial charge >= 0.3 is 0 Å². The fraction of sp³-hybridized carbons (Fsp3) is 0.429. The van der Waals surface area contributed by atoms with E-state index >= 15 is 0 Å². The molecule has 0 aliphatic rings. The fourth-order valence-corrected chi connectivity index (χ4v) is 1.09. The largest absolute Gasteiger partial charge is 0.462 e. The van der Waals surface area contributed by atoms with Crippen LogP contribution in [0.1, 0.15) is 33.3 Å². The molecule has 0 spiro atoms. The van der Waals surface area contributed by atoms with Crippen molar-refractivity contribution in [2.45, 2.75) is 34.1 Å². The van der Waals surface area contributed by atoms with E-state index in [4.69, 9.17) is 4.74 Å². The van der Waals surface area contributed by atoms with Crippen molar-refractivity contribution in [3.63, 3.8) is 0 Å². The summed E-state index contributed by atoms with van der Waals surface area (Å²) in [6.07, 6.45) is 1.06. The first-order chi connectivity index (χ1) is 6.93. The van der Waals surface area contributed by atoms with E-state index in [-0.39, 0.29) is 5.41 Å². The van der Waals surface area contributed by atoms with Crippen LogP contribution in [-0.4, -0.2) is 0 Å². The highest BCUT2D eigenvalue weighted by Gasteiger charge is 2.16. The van der Waals surface area contributed by atoms with E-state index in [0.717, 1.165) is 17.9 Å². The van der Waals surface area contributed by atoms with Gasteiger partial charge in [-0.1, -0.05) is 46.4 Å². The molecule has 0 unspecified atom stereocenters. The molecule has 0 radical (unpaired) electrons. The van der Waals surface area contributed by atoms with Crippen LogP contribution in [0.3, 0.4) is 0 Å². The van der Waals surface area contributed by atoms with Gasteiger partial charge in [-0.15, -0.1) is 0 Å². The second kappa shape index (κ2) is 4.52. The number of hydrogen-bond acceptors (Lipinski definition) is 1. The SMILES string of the molecule is C=C(Oc1ccc(CC)cc1)C(C)(C)C. The standard InChI is InChI=1S/C14H20O/c1-6-12-7-9-13(10-8-12)15-11(2)14(3,4)5/h7-10H,2,6H2,1,3-5H3. The molecule has 0 heterocycles. The number of allylic oxidation sites excluding steroid dienone is 1. The molecule has 0 N–H and O–H groups in total. The minimum atomic E-state index is -0.0105. The van der Waals surface area contributed by atoms with Gasteiger partial charge < -0.3 is 4.74 Å². The molecule has 0 saturated heterocycles. The van der Waals surface area contributed by atoms with Crippen LogP contribution < -0.4 is 4.74 Å². The molecule has 0 saturated carbocycles. The first-order valence-corrected chi connectivity index (χ1v) is 5.39. The lowest BCUT2D eigenvalue weighted by Crippen LogP contribution is -2.13. The Balaban J connectivity index is 2.70. The summed E-state index contributed by atoms with van der Waals surface area (Å²) in [6.45, 7) is 12.4. The lowest BCUT2D eigenvalue weighted by Gasteiger charge is -2.21. The van der Waals surface area contributed by atoms with Crippen LogP contribution in [0.15, 0.2) is 36.6 Å². The van der Waals surface area contributed by atoms with Gasteiger partial charge in [0.15, 0.2) is 0 Å². The summed E-state index contributed by atoms with van der Waals surface area (Å²) in [5.74, 6) is 1.67. The van der Waals surface area contributed by atoms with Crippen molar-refractivity contribution < 1.29 is 4.74 Å². The monoisotopic (exact) mass is 204 g/mol. The van der Waals surface area contributed by atoms with Gasteiger partial charge in [0.25, 0.3) is 0 Å². The van der Waals surface area contributed by atoms with E-state index in [1.165, 1.54) is 5.56 Å². The van der Waals surface area contributed by atoms with Gasteiger partial charge in [0.2, 0.25) is 0 Å². The molecule has 0 bridgehead atoms. The average Bonchev–Trinajstić information content (AvgIpc) is 2.17. The molecule has 1 aromatic rings. The summed E-state index contributed by atoms with van der Waals surface area (Å²) in [5.41, 5.74) is 1.31. The Hall–Kier alpha value is -1.24. The minimum absolute atomic E-state index is 0.0105. The Morgan fingerprint density at radius 3 is 2.13 bits per heavy atom. The molecule has 82 valence electrons. The second-order valence-electron chi connectivity index (χ2n) is 4.77. The highest BCUT2D eigenvalue weighted by atomic mass is 16.5. The van der Waals surface area contributed by atoms with E-state index in [2.05, 4.69) is 46.4 Å². The third-order valence-corrected chi connectivity index (χ3v) is 2.41. The molecule has 1 rings (SSSR count). The normalized spacial score (nSPS) is 11.2. The Labute approximate surface area is 92.8 Å². The lowest BCUT2D eigenvalue weighted by atomic mass is 9.95. The molecule has 0 aromatic heterocycles. The van der Waals surface area contributed by atoms with Crippen LogP contribution in [0.25, 0.3) is 0 Å². The van der Waals surface area contributed by atoms with Gasteiger partial charge in [0.05, 0.1) is 0 Å². The van der Waals surface area contributed by atoms with Crippen molar-refractivity contribution >= 4 is 0 Å². The highest BCUT2D eigenvalue weighted by molar-refractivity contribution is 5.28. The van der Waals surface area contributed by atoms with Crippen LogP contribution in [0, 0.1) is 5.41 Å². The van der Waals surface area contributed by atoms with E-state index in [0.29, 0.717) is 0 Å². The van der Waals surface area contributed by atoms with Crippen LogP contribution in [-0.2, 0) is 6.42 Å². The zero-order chi connectivity index (χ0) is 11.5. The van der Waals surface area contributed by atoms with E-state index < -0.39 is 0 Å². The Bertz CT molecular complexity index is 327. The molecule has 15 heavy (non-hydrogen) atoms. The van der Waals surface area contributed by atoms with Crippen molar-refractivity contribution in [3.8, 4) is 5.75 Å². The summed E-state index contributed by atoms with van der Waals surface area (Å²) >= 11 is 0. The van der Waals surface area contributed by atoms with Crippen LogP contribution in [0.2, 0.25) is 0 Å². The van der Waals surface area contributed by atoms with Gasteiger partial charge in [-0.05, 0) is 24.1 Å². The summed E-state index contributed by atoms with van der Waals surface area (Å²) in [7, 11) is 0. The van der Waals surface area contributed by atoms with Crippen molar-refractivity contribution in [1.82, 2.24) is 0 Å². The number of benzene rings is 1. The molecule has 0 atom stereocenters. The molecular formula is C14H20O. The second-order valence-corrected chi connectivity index (χ2v) is 4.77. The minimum Gasteiger partial charge on any atom is -0.462 e. The maximum Gasteiger partial charge on any atom is 0.126 e. The molecule has 1 aromatic carbocycles. The molecule has 1 nitrogen and oxygen atoms in total. The predicted molar refractivity (Wildman–Crippen MR) is 65.0 cm³/mol.